The van der Waals surface area contributed by atoms with Gasteiger partial charge in [-0.2, -0.15) is 0 Å². The minimum Gasteiger partial charge on any atom is -0.351 e. The monoisotopic (exact) mass is 239 g/mol. The minimum atomic E-state index is 0.0233. The summed E-state index contributed by atoms with van der Waals surface area (Å²) in [5.41, 5.74) is 0.411. The predicted molar refractivity (Wildman–Crippen MR) is 63.1 cm³/mol. The average molecular weight is 240 g/mol. The smallest absolute Gasteiger partial charge is 0.156 e. The number of aromatic nitrogens is 2. The fourth-order valence-electron chi connectivity index (χ4n) is 2.18. The summed E-state index contributed by atoms with van der Waals surface area (Å²) in [6.45, 7) is 5.19. The molecular weight excluding hydrogens is 226 g/mol. The van der Waals surface area contributed by atoms with Crippen molar-refractivity contribution in [2.45, 2.75) is 32.2 Å². The molecule has 0 unspecified atom stereocenters. The molecule has 2 rings (SSSR count). The van der Waals surface area contributed by atoms with Gasteiger partial charge in [0.2, 0.25) is 0 Å². The van der Waals surface area contributed by atoms with Gasteiger partial charge >= 0.3 is 0 Å². The molecule has 1 aliphatic heterocycles. The van der Waals surface area contributed by atoms with E-state index in [9.17, 15) is 4.79 Å². The summed E-state index contributed by atoms with van der Waals surface area (Å²) < 4.78 is 0. The molecular formula is C11H14ClN3O. The Morgan fingerprint density at radius 1 is 1.50 bits per heavy atom. The van der Waals surface area contributed by atoms with Gasteiger partial charge in [-0.1, -0.05) is 11.6 Å². The number of carbonyl (C=O) groups excluding carboxylic acids is 1. The second kappa shape index (κ2) is 4.01. The van der Waals surface area contributed by atoms with Crippen LogP contribution in [0.2, 0.25) is 5.15 Å². The van der Waals surface area contributed by atoms with E-state index in [2.05, 4.69) is 28.7 Å². The summed E-state index contributed by atoms with van der Waals surface area (Å²) in [6, 6.07) is 0. The molecule has 0 saturated carbocycles. The Bertz CT molecular complexity index is 420. The second-order valence-corrected chi connectivity index (χ2v) is 4.95. The van der Waals surface area contributed by atoms with Crippen molar-refractivity contribution < 1.29 is 4.79 Å². The Morgan fingerprint density at radius 2 is 2.25 bits per heavy atom. The highest BCUT2D eigenvalue weighted by atomic mass is 35.5. The van der Waals surface area contributed by atoms with E-state index in [0.29, 0.717) is 11.4 Å². The number of hydrogen-bond acceptors (Lipinski definition) is 4. The fraction of sp³-hybridized carbons (Fsp3) is 0.545. The number of halogens is 1. The fourth-order valence-corrected chi connectivity index (χ4v) is 2.35. The third-order valence-corrected chi connectivity index (χ3v) is 3.39. The quantitative estimate of drug-likeness (QED) is 0.587. The molecule has 1 aromatic rings. The zero-order chi connectivity index (χ0) is 11.8. The number of hydrogen-bond donors (Lipinski definition) is 0. The third kappa shape index (κ3) is 1.78. The SMILES string of the molecule is CC1(C)CCCN1c1ncnc(Cl)c1C=O. The van der Waals surface area contributed by atoms with E-state index in [-0.39, 0.29) is 10.7 Å². The molecule has 1 aliphatic rings. The summed E-state index contributed by atoms with van der Waals surface area (Å²) in [7, 11) is 0. The van der Waals surface area contributed by atoms with Crippen LogP contribution in [0, 0.1) is 0 Å². The number of nitrogens with zero attached hydrogens (tertiary/aromatic N) is 3. The van der Waals surface area contributed by atoms with Gasteiger partial charge in [0.25, 0.3) is 0 Å². The van der Waals surface area contributed by atoms with Crippen LogP contribution in [0.15, 0.2) is 6.33 Å². The summed E-state index contributed by atoms with van der Waals surface area (Å²) >= 11 is 5.89. The van der Waals surface area contributed by atoms with Crippen molar-refractivity contribution in [1.82, 2.24) is 9.97 Å². The molecule has 0 atom stereocenters. The van der Waals surface area contributed by atoms with Gasteiger partial charge < -0.3 is 4.90 Å². The number of anilines is 1. The Balaban J connectivity index is 2.48. The standard InChI is InChI=1S/C11H14ClN3O/c1-11(2)4-3-5-15(11)10-8(6-16)9(12)13-7-14-10/h6-7H,3-5H2,1-2H3. The maximum atomic E-state index is 11.0. The van der Waals surface area contributed by atoms with Gasteiger partial charge in [-0.3, -0.25) is 4.79 Å². The normalized spacial score (nSPS) is 18.8. The molecule has 0 aromatic carbocycles. The van der Waals surface area contributed by atoms with Crippen LogP contribution < -0.4 is 4.90 Å². The maximum absolute atomic E-state index is 11.0. The van der Waals surface area contributed by atoms with Crippen molar-refractivity contribution in [3.8, 4) is 0 Å². The van der Waals surface area contributed by atoms with Crippen molar-refractivity contribution in [2.24, 2.45) is 0 Å². The summed E-state index contributed by atoms with van der Waals surface area (Å²) in [5.74, 6) is 0.650. The molecule has 1 aromatic heterocycles. The lowest BCUT2D eigenvalue weighted by molar-refractivity contribution is 0.112. The Labute approximate surface area is 99.6 Å². The van der Waals surface area contributed by atoms with Crippen molar-refractivity contribution in [1.29, 1.82) is 0 Å². The lowest BCUT2D eigenvalue weighted by Crippen LogP contribution is -2.39. The van der Waals surface area contributed by atoms with E-state index in [0.717, 1.165) is 25.7 Å². The lowest BCUT2D eigenvalue weighted by atomic mass is 10.0. The highest BCUT2D eigenvalue weighted by Crippen LogP contribution is 2.34. The molecule has 5 heteroatoms. The predicted octanol–water partition coefficient (Wildman–Crippen LogP) is 2.32. The summed E-state index contributed by atoms with van der Waals surface area (Å²) in [5, 5.41) is 0.225. The maximum Gasteiger partial charge on any atom is 0.156 e. The van der Waals surface area contributed by atoms with Crippen molar-refractivity contribution in [3.63, 3.8) is 0 Å². The van der Waals surface area contributed by atoms with Gasteiger partial charge in [-0.05, 0) is 26.7 Å². The first-order valence-corrected chi connectivity index (χ1v) is 5.67. The van der Waals surface area contributed by atoms with Crippen molar-refractivity contribution >= 4 is 23.7 Å². The first-order chi connectivity index (χ1) is 7.56. The first kappa shape index (κ1) is 11.3. The molecule has 16 heavy (non-hydrogen) atoms. The average Bonchev–Trinajstić information content (AvgIpc) is 2.57. The van der Waals surface area contributed by atoms with Crippen LogP contribution in [0.4, 0.5) is 5.82 Å². The molecule has 0 spiro atoms. The minimum absolute atomic E-state index is 0.0233. The summed E-state index contributed by atoms with van der Waals surface area (Å²) in [4.78, 5) is 21.2. The highest BCUT2D eigenvalue weighted by molar-refractivity contribution is 6.32. The van der Waals surface area contributed by atoms with Gasteiger partial charge in [-0.25, -0.2) is 9.97 Å². The molecule has 1 fully saturated rings. The largest absolute Gasteiger partial charge is 0.351 e. The van der Waals surface area contributed by atoms with Gasteiger partial charge in [0, 0.05) is 12.1 Å². The van der Waals surface area contributed by atoms with E-state index in [1.54, 1.807) is 0 Å². The zero-order valence-corrected chi connectivity index (χ0v) is 10.2. The topological polar surface area (TPSA) is 46.1 Å². The number of aldehydes is 1. The molecule has 86 valence electrons. The van der Waals surface area contributed by atoms with Gasteiger partial charge in [-0.15, -0.1) is 0 Å². The van der Waals surface area contributed by atoms with Crippen LogP contribution in [-0.2, 0) is 0 Å². The molecule has 0 bridgehead atoms. The van der Waals surface area contributed by atoms with Crippen molar-refractivity contribution in [3.05, 3.63) is 17.0 Å². The molecule has 2 heterocycles. The Hall–Kier alpha value is -1.16. The van der Waals surface area contributed by atoms with Crippen LogP contribution in [0.1, 0.15) is 37.0 Å². The summed E-state index contributed by atoms with van der Waals surface area (Å²) in [6.07, 6.45) is 4.32. The molecule has 0 N–H and O–H groups in total. The van der Waals surface area contributed by atoms with Crippen molar-refractivity contribution in [2.75, 3.05) is 11.4 Å². The van der Waals surface area contributed by atoms with Gasteiger partial charge in [0.15, 0.2) is 6.29 Å². The molecule has 4 nitrogen and oxygen atoms in total. The highest BCUT2D eigenvalue weighted by Gasteiger charge is 2.34. The lowest BCUT2D eigenvalue weighted by Gasteiger charge is -2.33. The van der Waals surface area contributed by atoms with Gasteiger partial charge in [0.1, 0.15) is 17.3 Å². The molecule has 0 amide bonds. The van der Waals surface area contributed by atoms with E-state index in [1.807, 2.05) is 0 Å². The molecule has 1 saturated heterocycles. The van der Waals surface area contributed by atoms with Crippen LogP contribution in [-0.4, -0.2) is 28.3 Å². The van der Waals surface area contributed by atoms with Crippen LogP contribution in [0.5, 0.6) is 0 Å². The van der Waals surface area contributed by atoms with E-state index in [1.165, 1.54) is 6.33 Å². The van der Waals surface area contributed by atoms with Crippen LogP contribution >= 0.6 is 11.6 Å². The van der Waals surface area contributed by atoms with E-state index < -0.39 is 0 Å². The third-order valence-electron chi connectivity index (χ3n) is 3.09. The second-order valence-electron chi connectivity index (χ2n) is 4.59. The first-order valence-electron chi connectivity index (χ1n) is 5.29. The Morgan fingerprint density at radius 3 is 2.81 bits per heavy atom. The Kier molecular flexibility index (Phi) is 2.84. The van der Waals surface area contributed by atoms with Gasteiger partial charge in [0.05, 0.1) is 5.56 Å². The zero-order valence-electron chi connectivity index (χ0n) is 9.40. The van der Waals surface area contributed by atoms with Crippen LogP contribution in [0.3, 0.4) is 0 Å². The van der Waals surface area contributed by atoms with E-state index in [4.69, 9.17) is 11.6 Å². The molecule has 0 radical (unpaired) electrons. The number of carbonyl (C=O) groups is 1. The molecule has 0 aliphatic carbocycles. The van der Waals surface area contributed by atoms with Crippen LogP contribution in [0.25, 0.3) is 0 Å². The number of rotatable bonds is 2. The van der Waals surface area contributed by atoms with E-state index >= 15 is 0 Å².